The first-order chi connectivity index (χ1) is 12.5. The molecule has 146 valence electrons. The van der Waals surface area contributed by atoms with E-state index in [1.807, 2.05) is 0 Å². The molecule has 1 fully saturated rings. The lowest BCUT2D eigenvalue weighted by Gasteiger charge is -2.48. The predicted molar refractivity (Wildman–Crippen MR) is 103 cm³/mol. The van der Waals surface area contributed by atoms with Crippen molar-refractivity contribution in [2.75, 3.05) is 47.1 Å². The third-order valence-corrected chi connectivity index (χ3v) is 5.70. The van der Waals surface area contributed by atoms with E-state index in [-0.39, 0.29) is 6.67 Å². The third kappa shape index (κ3) is 4.15. The summed E-state index contributed by atoms with van der Waals surface area (Å²) in [5, 5.41) is 0. The van der Waals surface area contributed by atoms with Crippen LogP contribution in [0.1, 0.15) is 43.9 Å². The van der Waals surface area contributed by atoms with Gasteiger partial charge in [0.1, 0.15) is 0 Å². The molecule has 26 heavy (non-hydrogen) atoms. The maximum Gasteiger partial charge on any atom is 0.161 e. The second-order valence-corrected chi connectivity index (χ2v) is 8.08. The number of alkyl halides is 1. The molecule has 1 saturated heterocycles. The Kier molecular flexibility index (Phi) is 6.41. The molecule has 0 N–H and O–H groups in total. The summed E-state index contributed by atoms with van der Waals surface area (Å²) in [6.07, 6.45) is 2.70. The number of halogens is 1. The van der Waals surface area contributed by atoms with Gasteiger partial charge in [-0.1, -0.05) is 13.8 Å². The Morgan fingerprint density at radius 3 is 2.73 bits per heavy atom. The molecule has 0 spiro atoms. The molecular weight excluding hydrogens is 331 g/mol. The van der Waals surface area contributed by atoms with Crippen LogP contribution in [-0.4, -0.2) is 62.9 Å². The van der Waals surface area contributed by atoms with Gasteiger partial charge in [0.05, 0.1) is 20.4 Å². The molecule has 5 heteroatoms. The lowest BCUT2D eigenvalue weighted by Crippen LogP contribution is -2.55. The molecule has 1 aromatic rings. The molecule has 4 nitrogen and oxygen atoms in total. The molecular formula is C21H33FN2O2. The lowest BCUT2D eigenvalue weighted by atomic mass is 9.88. The predicted octanol–water partition coefficient (Wildman–Crippen LogP) is 3.69. The van der Waals surface area contributed by atoms with E-state index in [9.17, 15) is 4.39 Å². The van der Waals surface area contributed by atoms with Gasteiger partial charge >= 0.3 is 0 Å². The average molecular weight is 365 g/mol. The second kappa shape index (κ2) is 8.57. The van der Waals surface area contributed by atoms with Gasteiger partial charge in [-0.3, -0.25) is 9.29 Å². The van der Waals surface area contributed by atoms with Crippen LogP contribution in [0, 0.1) is 5.92 Å². The first-order valence-corrected chi connectivity index (χ1v) is 9.87. The Morgan fingerprint density at radius 2 is 2.04 bits per heavy atom. The highest BCUT2D eigenvalue weighted by atomic mass is 19.1. The molecule has 0 saturated carbocycles. The Hall–Kier alpha value is -1.33. The van der Waals surface area contributed by atoms with E-state index in [0.29, 0.717) is 25.1 Å². The first-order valence-electron chi connectivity index (χ1n) is 9.87. The van der Waals surface area contributed by atoms with Gasteiger partial charge < -0.3 is 14.4 Å². The Balaban J connectivity index is 1.80. The van der Waals surface area contributed by atoms with Gasteiger partial charge in [0, 0.05) is 38.1 Å². The van der Waals surface area contributed by atoms with Crippen LogP contribution in [0.15, 0.2) is 12.1 Å². The fraction of sp³-hybridized carbons (Fsp3) is 0.714. The fourth-order valence-electron chi connectivity index (χ4n) is 4.33. The van der Waals surface area contributed by atoms with Crippen LogP contribution >= 0.6 is 0 Å². The van der Waals surface area contributed by atoms with E-state index in [1.54, 1.807) is 7.11 Å². The van der Waals surface area contributed by atoms with E-state index in [4.69, 9.17) is 9.47 Å². The van der Waals surface area contributed by atoms with Crippen molar-refractivity contribution < 1.29 is 13.9 Å². The molecule has 0 unspecified atom stereocenters. The Labute approximate surface area is 157 Å². The molecule has 0 radical (unpaired) electrons. The molecule has 3 rings (SSSR count). The van der Waals surface area contributed by atoms with E-state index in [0.717, 1.165) is 43.5 Å². The highest BCUT2D eigenvalue weighted by Crippen LogP contribution is 2.40. The number of rotatable bonds is 7. The van der Waals surface area contributed by atoms with Crippen LogP contribution < -0.4 is 9.47 Å². The number of hydrogen-bond donors (Lipinski definition) is 0. The van der Waals surface area contributed by atoms with Gasteiger partial charge in [-0.15, -0.1) is 0 Å². The molecule has 2 aliphatic rings. The first kappa shape index (κ1) is 19.4. The summed E-state index contributed by atoms with van der Waals surface area (Å²) in [7, 11) is 3.93. The maximum atomic E-state index is 12.4. The largest absolute Gasteiger partial charge is 0.493 e. The minimum atomic E-state index is -0.353. The van der Waals surface area contributed by atoms with Crippen molar-refractivity contribution >= 4 is 0 Å². The number of hydrogen-bond acceptors (Lipinski definition) is 4. The van der Waals surface area contributed by atoms with Crippen LogP contribution in [0.3, 0.4) is 0 Å². The third-order valence-electron chi connectivity index (χ3n) is 5.70. The van der Waals surface area contributed by atoms with E-state index in [1.165, 1.54) is 17.5 Å². The van der Waals surface area contributed by atoms with Gasteiger partial charge in [-0.05, 0) is 49.1 Å². The summed E-state index contributed by atoms with van der Waals surface area (Å²) < 4.78 is 23.7. The molecule has 2 atom stereocenters. The summed E-state index contributed by atoms with van der Waals surface area (Å²) in [4.78, 5) is 5.16. The van der Waals surface area contributed by atoms with Gasteiger partial charge in [0.25, 0.3) is 0 Å². The minimum Gasteiger partial charge on any atom is -0.493 e. The van der Waals surface area contributed by atoms with Gasteiger partial charge in [-0.25, -0.2) is 0 Å². The fourth-order valence-corrected chi connectivity index (χ4v) is 4.33. The van der Waals surface area contributed by atoms with Crippen molar-refractivity contribution in [1.82, 2.24) is 9.80 Å². The van der Waals surface area contributed by atoms with Crippen molar-refractivity contribution in [3.8, 4) is 11.5 Å². The average Bonchev–Trinajstić information content (AvgIpc) is 2.61. The topological polar surface area (TPSA) is 24.9 Å². The molecule has 0 aliphatic carbocycles. The summed E-state index contributed by atoms with van der Waals surface area (Å²) in [5.41, 5.74) is 2.71. The van der Waals surface area contributed by atoms with Gasteiger partial charge in [0.15, 0.2) is 11.5 Å². The zero-order valence-electron chi connectivity index (χ0n) is 16.6. The molecule has 0 amide bonds. The van der Waals surface area contributed by atoms with Crippen LogP contribution in [0.2, 0.25) is 0 Å². The van der Waals surface area contributed by atoms with Crippen molar-refractivity contribution in [2.45, 2.75) is 45.2 Å². The summed E-state index contributed by atoms with van der Waals surface area (Å²) in [5.74, 6) is 2.23. The van der Waals surface area contributed by atoms with E-state index < -0.39 is 0 Å². The standard InChI is InChI=1S/C21H33FN2O2/c1-15(2)10-17-13-24-8-6-16-11-21(26-9-5-7-22)20(25-4)12-18(16)19(24)14-23(17)3/h11-12,15,17,19H,5-10,13-14H2,1-4H3/t17-,19-/m1/s1. The quantitative estimate of drug-likeness (QED) is 0.689. The minimum absolute atomic E-state index is 0.353. The number of fused-ring (bicyclic) bond motifs is 3. The molecule has 0 aromatic heterocycles. The molecule has 2 aliphatic heterocycles. The van der Waals surface area contributed by atoms with Crippen LogP contribution in [-0.2, 0) is 6.42 Å². The monoisotopic (exact) mass is 364 g/mol. The Morgan fingerprint density at radius 1 is 1.23 bits per heavy atom. The maximum absolute atomic E-state index is 12.4. The summed E-state index contributed by atoms with van der Waals surface area (Å²) in [6, 6.07) is 5.32. The lowest BCUT2D eigenvalue weighted by molar-refractivity contribution is 0.0294. The van der Waals surface area contributed by atoms with E-state index in [2.05, 4.69) is 42.8 Å². The molecule has 2 heterocycles. The number of ether oxygens (including phenoxy) is 2. The zero-order valence-corrected chi connectivity index (χ0v) is 16.6. The Bertz CT molecular complexity index is 608. The van der Waals surface area contributed by atoms with Gasteiger partial charge in [0.2, 0.25) is 0 Å². The molecule has 0 bridgehead atoms. The summed E-state index contributed by atoms with van der Waals surface area (Å²) >= 11 is 0. The SMILES string of the molecule is COc1cc2c(cc1OCCCF)CCN1C[C@@H](CC(C)C)N(C)C[C@H]21. The number of methoxy groups -OCH3 is 1. The highest BCUT2D eigenvalue weighted by molar-refractivity contribution is 5.49. The van der Waals surface area contributed by atoms with Crippen LogP contribution in [0.25, 0.3) is 0 Å². The second-order valence-electron chi connectivity index (χ2n) is 8.08. The number of nitrogens with zero attached hydrogens (tertiary/aromatic N) is 2. The van der Waals surface area contributed by atoms with Crippen molar-refractivity contribution in [3.05, 3.63) is 23.3 Å². The van der Waals surface area contributed by atoms with E-state index >= 15 is 0 Å². The highest BCUT2D eigenvalue weighted by Gasteiger charge is 2.36. The van der Waals surface area contributed by atoms with Crippen molar-refractivity contribution in [2.24, 2.45) is 5.92 Å². The number of benzene rings is 1. The van der Waals surface area contributed by atoms with Crippen LogP contribution in [0.4, 0.5) is 4.39 Å². The summed E-state index contributed by atoms with van der Waals surface area (Å²) in [6.45, 7) is 7.93. The van der Waals surface area contributed by atoms with Crippen molar-refractivity contribution in [3.63, 3.8) is 0 Å². The normalized spacial score (nSPS) is 23.6. The van der Waals surface area contributed by atoms with Crippen LogP contribution in [0.5, 0.6) is 11.5 Å². The number of piperazine rings is 1. The van der Waals surface area contributed by atoms with Crippen molar-refractivity contribution in [1.29, 1.82) is 0 Å². The number of likely N-dealkylation sites (N-methyl/N-ethyl adjacent to an activating group) is 1. The van der Waals surface area contributed by atoms with Gasteiger partial charge in [-0.2, -0.15) is 0 Å². The zero-order chi connectivity index (χ0) is 18.7. The smallest absolute Gasteiger partial charge is 0.161 e. The molecule has 1 aromatic carbocycles.